The van der Waals surface area contributed by atoms with Crippen molar-refractivity contribution in [3.05, 3.63) is 65.2 Å². The summed E-state index contributed by atoms with van der Waals surface area (Å²) in [5, 5.41) is 0. The van der Waals surface area contributed by atoms with Crippen molar-refractivity contribution in [2.45, 2.75) is 12.5 Å². The molecule has 2 aromatic rings. The average Bonchev–Trinajstić information content (AvgIpc) is 2.68. The third-order valence-corrected chi connectivity index (χ3v) is 4.00. The zero-order valence-electron chi connectivity index (χ0n) is 15.3. The summed E-state index contributed by atoms with van der Waals surface area (Å²) in [7, 11) is 4.22. The topological polar surface area (TPSA) is 70.8 Å². The Balaban J connectivity index is 2.54. The van der Waals surface area contributed by atoms with Crippen LogP contribution in [0.5, 0.6) is 11.5 Å². The Kier molecular flexibility index (Phi) is 6.90. The van der Waals surface area contributed by atoms with Gasteiger partial charge in [-0.25, -0.2) is 8.78 Å². The monoisotopic (exact) mass is 377 g/mol. The van der Waals surface area contributed by atoms with E-state index in [2.05, 4.69) is 4.74 Å². The Labute approximate surface area is 156 Å². The van der Waals surface area contributed by atoms with E-state index in [9.17, 15) is 13.6 Å². The quantitative estimate of drug-likeness (QED) is 0.750. The fourth-order valence-electron chi connectivity index (χ4n) is 2.59. The number of rotatable bonds is 7. The predicted molar refractivity (Wildman–Crippen MR) is 97.6 cm³/mol. The first kappa shape index (κ1) is 20.4. The normalized spacial score (nSPS) is 12.4. The van der Waals surface area contributed by atoms with Crippen LogP contribution in [0.4, 0.5) is 8.78 Å². The van der Waals surface area contributed by atoms with Gasteiger partial charge in [0.15, 0.2) is 11.5 Å². The van der Waals surface area contributed by atoms with Gasteiger partial charge in [-0.2, -0.15) is 0 Å². The van der Waals surface area contributed by atoms with Gasteiger partial charge in [0.2, 0.25) is 0 Å². The standard InChI is InChI=1S/C20H21F2NO4/c1-25-18-9-4-12(10-19(18)26-2)14(7-8-17(23)20(24)27-3)15-6-5-13(21)11-16(15)22/h4-7,9-11,17H,8,23H2,1-3H3. The first-order valence-electron chi connectivity index (χ1n) is 8.12. The van der Waals surface area contributed by atoms with Gasteiger partial charge in [0.25, 0.3) is 0 Å². The number of nitrogens with two attached hydrogens (primary N) is 1. The van der Waals surface area contributed by atoms with Crippen LogP contribution in [0.2, 0.25) is 0 Å². The number of benzene rings is 2. The SMILES string of the molecule is COC(=O)C(N)CC=C(c1ccc(OC)c(OC)c1)c1ccc(F)cc1F. The number of halogens is 2. The van der Waals surface area contributed by atoms with E-state index in [1.807, 2.05) is 0 Å². The minimum absolute atomic E-state index is 0.104. The smallest absolute Gasteiger partial charge is 0.322 e. The molecule has 0 aliphatic heterocycles. The Morgan fingerprint density at radius 1 is 1.07 bits per heavy atom. The van der Waals surface area contributed by atoms with Crippen molar-refractivity contribution in [2.24, 2.45) is 5.73 Å². The highest BCUT2D eigenvalue weighted by Gasteiger charge is 2.17. The highest BCUT2D eigenvalue weighted by Crippen LogP contribution is 2.34. The van der Waals surface area contributed by atoms with Gasteiger partial charge in [0, 0.05) is 11.6 Å². The molecular weight excluding hydrogens is 356 g/mol. The lowest BCUT2D eigenvalue weighted by molar-refractivity contribution is -0.142. The molecule has 0 spiro atoms. The molecule has 0 aromatic heterocycles. The van der Waals surface area contributed by atoms with Gasteiger partial charge >= 0.3 is 5.97 Å². The van der Waals surface area contributed by atoms with E-state index in [-0.39, 0.29) is 12.0 Å². The van der Waals surface area contributed by atoms with E-state index < -0.39 is 23.6 Å². The molecule has 7 heteroatoms. The van der Waals surface area contributed by atoms with Gasteiger partial charge in [0.1, 0.15) is 17.7 Å². The molecule has 0 saturated carbocycles. The van der Waals surface area contributed by atoms with Crippen LogP contribution in [0.15, 0.2) is 42.5 Å². The first-order chi connectivity index (χ1) is 12.9. The summed E-state index contributed by atoms with van der Waals surface area (Å²) in [6.07, 6.45) is 1.71. The zero-order chi connectivity index (χ0) is 20.0. The Hall–Kier alpha value is -2.93. The van der Waals surface area contributed by atoms with Gasteiger partial charge in [-0.05, 0) is 41.8 Å². The van der Waals surface area contributed by atoms with Crippen LogP contribution in [-0.4, -0.2) is 33.3 Å². The first-order valence-corrected chi connectivity index (χ1v) is 8.12. The lowest BCUT2D eigenvalue weighted by Crippen LogP contribution is -2.30. The molecule has 144 valence electrons. The molecule has 27 heavy (non-hydrogen) atoms. The third-order valence-electron chi connectivity index (χ3n) is 4.00. The number of carbonyl (C=O) groups is 1. The highest BCUT2D eigenvalue weighted by atomic mass is 19.1. The highest BCUT2D eigenvalue weighted by molar-refractivity contribution is 5.82. The molecule has 1 atom stereocenters. The summed E-state index contributed by atoms with van der Waals surface area (Å²) in [5.74, 6) is -1.05. The summed E-state index contributed by atoms with van der Waals surface area (Å²) in [6, 6.07) is 7.42. The Bertz CT molecular complexity index is 852. The molecular formula is C20H21F2NO4. The molecule has 0 saturated heterocycles. The fourth-order valence-corrected chi connectivity index (χ4v) is 2.59. The maximum absolute atomic E-state index is 14.4. The molecule has 0 radical (unpaired) electrons. The van der Waals surface area contributed by atoms with Crippen molar-refractivity contribution in [2.75, 3.05) is 21.3 Å². The summed E-state index contributed by atoms with van der Waals surface area (Å²) in [4.78, 5) is 11.6. The van der Waals surface area contributed by atoms with Crippen LogP contribution in [0.3, 0.4) is 0 Å². The van der Waals surface area contributed by atoms with Crippen LogP contribution in [0, 0.1) is 11.6 Å². The molecule has 0 aliphatic rings. The molecule has 2 aromatic carbocycles. The van der Waals surface area contributed by atoms with E-state index in [4.69, 9.17) is 15.2 Å². The average molecular weight is 377 g/mol. The Morgan fingerprint density at radius 3 is 2.37 bits per heavy atom. The fraction of sp³-hybridized carbons (Fsp3) is 0.250. The lowest BCUT2D eigenvalue weighted by Gasteiger charge is -2.14. The van der Waals surface area contributed by atoms with E-state index in [1.54, 1.807) is 24.3 Å². The molecule has 5 nitrogen and oxygen atoms in total. The van der Waals surface area contributed by atoms with Crippen molar-refractivity contribution in [1.29, 1.82) is 0 Å². The lowest BCUT2D eigenvalue weighted by atomic mass is 9.95. The summed E-state index contributed by atoms with van der Waals surface area (Å²) >= 11 is 0. The van der Waals surface area contributed by atoms with Gasteiger partial charge in [-0.15, -0.1) is 0 Å². The molecule has 0 amide bonds. The molecule has 0 fully saturated rings. The van der Waals surface area contributed by atoms with E-state index in [0.717, 1.165) is 12.1 Å². The number of hydrogen-bond acceptors (Lipinski definition) is 5. The number of esters is 1. The van der Waals surface area contributed by atoms with E-state index in [1.165, 1.54) is 27.4 Å². The minimum atomic E-state index is -0.909. The van der Waals surface area contributed by atoms with E-state index >= 15 is 0 Å². The second-order valence-corrected chi connectivity index (χ2v) is 5.68. The number of ether oxygens (including phenoxy) is 3. The van der Waals surface area contributed by atoms with Crippen LogP contribution in [-0.2, 0) is 9.53 Å². The largest absolute Gasteiger partial charge is 0.493 e. The molecule has 0 bridgehead atoms. The Morgan fingerprint density at radius 2 is 1.78 bits per heavy atom. The summed E-state index contributed by atoms with van der Waals surface area (Å²) in [6.45, 7) is 0. The van der Waals surface area contributed by atoms with E-state index in [0.29, 0.717) is 22.6 Å². The van der Waals surface area contributed by atoms with Crippen LogP contribution in [0.25, 0.3) is 5.57 Å². The molecule has 0 heterocycles. The maximum Gasteiger partial charge on any atom is 0.322 e. The van der Waals surface area contributed by atoms with Crippen molar-refractivity contribution in [3.8, 4) is 11.5 Å². The number of hydrogen-bond donors (Lipinski definition) is 1. The zero-order valence-corrected chi connectivity index (χ0v) is 15.3. The summed E-state index contributed by atoms with van der Waals surface area (Å²) in [5.41, 5.74) is 6.98. The molecule has 0 aliphatic carbocycles. The van der Waals surface area contributed by atoms with Crippen molar-refractivity contribution in [1.82, 2.24) is 0 Å². The van der Waals surface area contributed by atoms with Crippen LogP contribution >= 0.6 is 0 Å². The van der Waals surface area contributed by atoms with Gasteiger partial charge in [-0.3, -0.25) is 4.79 Å². The minimum Gasteiger partial charge on any atom is -0.493 e. The van der Waals surface area contributed by atoms with Crippen molar-refractivity contribution >= 4 is 11.5 Å². The second-order valence-electron chi connectivity index (χ2n) is 5.68. The second kappa shape index (κ2) is 9.14. The predicted octanol–water partition coefficient (Wildman–Crippen LogP) is 3.30. The third kappa shape index (κ3) is 4.83. The van der Waals surface area contributed by atoms with Crippen molar-refractivity contribution in [3.63, 3.8) is 0 Å². The van der Waals surface area contributed by atoms with Crippen molar-refractivity contribution < 1.29 is 27.8 Å². The molecule has 2 rings (SSSR count). The van der Waals surface area contributed by atoms with Gasteiger partial charge in [0.05, 0.1) is 21.3 Å². The number of carbonyl (C=O) groups excluding carboxylic acids is 1. The number of methoxy groups -OCH3 is 3. The maximum atomic E-state index is 14.4. The van der Waals surface area contributed by atoms with Gasteiger partial charge < -0.3 is 19.9 Å². The summed E-state index contributed by atoms with van der Waals surface area (Å²) < 4.78 is 42.8. The molecule has 1 unspecified atom stereocenters. The molecule has 2 N–H and O–H groups in total. The van der Waals surface area contributed by atoms with Crippen LogP contribution < -0.4 is 15.2 Å². The van der Waals surface area contributed by atoms with Gasteiger partial charge in [-0.1, -0.05) is 12.1 Å². The van der Waals surface area contributed by atoms with Crippen LogP contribution in [0.1, 0.15) is 17.5 Å².